The van der Waals surface area contributed by atoms with Gasteiger partial charge in [-0.1, -0.05) is 0 Å². The van der Waals surface area contributed by atoms with Crippen molar-refractivity contribution < 1.29 is 22.7 Å². The van der Waals surface area contributed by atoms with Crippen LogP contribution in [-0.4, -0.2) is 80.0 Å². The molecule has 0 radical (unpaired) electrons. The minimum atomic E-state index is -3.07. The summed E-state index contributed by atoms with van der Waals surface area (Å²) >= 11 is 0. The highest BCUT2D eigenvalue weighted by Crippen LogP contribution is 2.16. The van der Waals surface area contributed by atoms with Crippen molar-refractivity contribution in [3.8, 4) is 0 Å². The Kier molecular flexibility index (Phi) is 5.71. The lowest BCUT2D eigenvalue weighted by Crippen LogP contribution is -2.41. The maximum Gasteiger partial charge on any atom is 0.326 e. The fourth-order valence-electron chi connectivity index (χ4n) is 2.33. The molecule has 2 rings (SSSR count). The van der Waals surface area contributed by atoms with Crippen LogP contribution >= 0.6 is 0 Å². The first kappa shape index (κ1) is 18.1. The SMILES string of the molecule is CN(CC(=O)OCC(=O)N(C)C1CCS(=O)(=O)C1)c1ncccn1. The van der Waals surface area contributed by atoms with Gasteiger partial charge in [-0.05, 0) is 12.5 Å². The summed E-state index contributed by atoms with van der Waals surface area (Å²) in [5.41, 5.74) is 0. The molecule has 1 amide bonds. The zero-order valence-corrected chi connectivity index (χ0v) is 14.4. The zero-order chi connectivity index (χ0) is 17.7. The lowest BCUT2D eigenvalue weighted by Gasteiger charge is -2.23. The van der Waals surface area contributed by atoms with Crippen LogP contribution in [0.1, 0.15) is 6.42 Å². The van der Waals surface area contributed by atoms with E-state index in [1.807, 2.05) is 0 Å². The number of carbonyl (C=O) groups is 2. The van der Waals surface area contributed by atoms with Crippen molar-refractivity contribution in [1.82, 2.24) is 14.9 Å². The summed E-state index contributed by atoms with van der Waals surface area (Å²) < 4.78 is 27.9. The minimum absolute atomic E-state index is 0.0444. The molecule has 1 aliphatic rings. The Morgan fingerprint density at radius 1 is 1.29 bits per heavy atom. The third-order valence-corrected chi connectivity index (χ3v) is 5.52. The number of likely N-dealkylation sites (N-methyl/N-ethyl adjacent to an activating group) is 2. The Morgan fingerprint density at radius 3 is 2.54 bits per heavy atom. The van der Waals surface area contributed by atoms with Gasteiger partial charge in [0.15, 0.2) is 16.4 Å². The van der Waals surface area contributed by atoms with E-state index in [9.17, 15) is 18.0 Å². The molecule has 1 atom stereocenters. The summed E-state index contributed by atoms with van der Waals surface area (Å²) in [4.78, 5) is 34.6. The van der Waals surface area contributed by atoms with Crippen molar-refractivity contribution in [2.45, 2.75) is 12.5 Å². The average molecular weight is 356 g/mol. The van der Waals surface area contributed by atoms with E-state index in [1.54, 1.807) is 25.5 Å². The second-order valence-electron chi connectivity index (χ2n) is 5.63. The van der Waals surface area contributed by atoms with E-state index in [2.05, 4.69) is 9.97 Å². The Hall–Kier alpha value is -2.23. The highest BCUT2D eigenvalue weighted by molar-refractivity contribution is 7.91. The number of rotatable bonds is 6. The second kappa shape index (κ2) is 7.56. The van der Waals surface area contributed by atoms with Crippen molar-refractivity contribution in [2.24, 2.45) is 0 Å². The zero-order valence-electron chi connectivity index (χ0n) is 13.6. The maximum absolute atomic E-state index is 12.0. The Labute approximate surface area is 140 Å². The molecule has 1 unspecified atom stereocenters. The van der Waals surface area contributed by atoms with Gasteiger partial charge in [0.05, 0.1) is 11.5 Å². The number of nitrogens with zero attached hydrogens (tertiary/aromatic N) is 4. The van der Waals surface area contributed by atoms with Gasteiger partial charge in [0.1, 0.15) is 6.54 Å². The van der Waals surface area contributed by atoms with Gasteiger partial charge in [0.25, 0.3) is 5.91 Å². The molecule has 2 heterocycles. The predicted octanol–water partition coefficient (Wildman–Crippen LogP) is -0.898. The first-order chi connectivity index (χ1) is 11.3. The van der Waals surface area contributed by atoms with Crippen LogP contribution in [0.4, 0.5) is 5.95 Å². The molecule has 0 saturated carbocycles. The Balaban J connectivity index is 1.78. The molecule has 1 aliphatic heterocycles. The van der Waals surface area contributed by atoms with Crippen LogP contribution in [-0.2, 0) is 24.2 Å². The van der Waals surface area contributed by atoms with Gasteiger partial charge in [-0.15, -0.1) is 0 Å². The fraction of sp³-hybridized carbons (Fsp3) is 0.571. The molecule has 132 valence electrons. The van der Waals surface area contributed by atoms with E-state index >= 15 is 0 Å². The molecule has 0 N–H and O–H groups in total. The average Bonchev–Trinajstić information content (AvgIpc) is 2.92. The molecule has 1 aromatic rings. The highest BCUT2D eigenvalue weighted by Gasteiger charge is 2.32. The van der Waals surface area contributed by atoms with E-state index < -0.39 is 28.3 Å². The Bertz CT molecular complexity index is 694. The van der Waals surface area contributed by atoms with Gasteiger partial charge in [-0.25, -0.2) is 18.4 Å². The Morgan fingerprint density at radius 2 is 1.96 bits per heavy atom. The van der Waals surface area contributed by atoms with Gasteiger partial charge in [0.2, 0.25) is 5.95 Å². The minimum Gasteiger partial charge on any atom is -0.454 e. The van der Waals surface area contributed by atoms with Gasteiger partial charge >= 0.3 is 5.97 Å². The quantitative estimate of drug-likeness (QED) is 0.603. The van der Waals surface area contributed by atoms with Gasteiger partial charge in [0, 0.05) is 32.5 Å². The van der Waals surface area contributed by atoms with Crippen LogP contribution in [0.5, 0.6) is 0 Å². The van der Waals surface area contributed by atoms with E-state index in [0.717, 1.165) is 0 Å². The third-order valence-electron chi connectivity index (χ3n) is 3.77. The number of esters is 1. The number of hydrogen-bond acceptors (Lipinski definition) is 8. The van der Waals surface area contributed by atoms with Gasteiger partial charge in [-0.2, -0.15) is 0 Å². The molecule has 9 nitrogen and oxygen atoms in total. The van der Waals surface area contributed by atoms with Crippen molar-refractivity contribution in [3.05, 3.63) is 18.5 Å². The number of sulfone groups is 1. The standard InChI is InChI=1S/C14H20N4O5S/c1-17(14-15-5-3-6-16-14)8-13(20)23-9-12(19)18(2)11-4-7-24(21,22)10-11/h3,5-6,11H,4,7-10H2,1-2H3. The maximum atomic E-state index is 12.0. The monoisotopic (exact) mass is 356 g/mol. The summed E-state index contributed by atoms with van der Waals surface area (Å²) in [6.45, 7) is -0.520. The van der Waals surface area contributed by atoms with E-state index in [-0.39, 0.29) is 24.1 Å². The van der Waals surface area contributed by atoms with Crippen molar-refractivity contribution in [1.29, 1.82) is 0 Å². The van der Waals surface area contributed by atoms with Crippen molar-refractivity contribution >= 4 is 27.7 Å². The topological polar surface area (TPSA) is 110 Å². The smallest absolute Gasteiger partial charge is 0.326 e. The number of carbonyl (C=O) groups excluding carboxylic acids is 2. The second-order valence-corrected chi connectivity index (χ2v) is 7.86. The van der Waals surface area contributed by atoms with E-state index in [4.69, 9.17) is 4.74 Å². The normalized spacial score (nSPS) is 18.8. The van der Waals surface area contributed by atoms with E-state index in [0.29, 0.717) is 12.4 Å². The van der Waals surface area contributed by atoms with Crippen molar-refractivity contribution in [2.75, 3.05) is 43.7 Å². The molecule has 1 fully saturated rings. The molecule has 0 bridgehead atoms. The summed E-state index contributed by atoms with van der Waals surface area (Å²) in [7, 11) is 0.0783. The summed E-state index contributed by atoms with van der Waals surface area (Å²) in [6, 6.07) is 1.30. The first-order valence-electron chi connectivity index (χ1n) is 7.38. The lowest BCUT2D eigenvalue weighted by atomic mass is 10.2. The molecule has 1 aromatic heterocycles. The number of ether oxygens (including phenoxy) is 1. The first-order valence-corrected chi connectivity index (χ1v) is 9.20. The van der Waals surface area contributed by atoms with Crippen LogP contribution < -0.4 is 4.90 Å². The molecule has 0 aliphatic carbocycles. The fourth-order valence-corrected chi connectivity index (χ4v) is 4.10. The molecule has 0 spiro atoms. The summed E-state index contributed by atoms with van der Waals surface area (Å²) in [6.07, 6.45) is 3.52. The van der Waals surface area contributed by atoms with Gasteiger partial charge < -0.3 is 14.5 Å². The molecule has 1 saturated heterocycles. The molecular weight excluding hydrogens is 336 g/mol. The van der Waals surface area contributed by atoms with Crippen LogP contribution in [0.25, 0.3) is 0 Å². The number of hydrogen-bond donors (Lipinski definition) is 0. The summed E-state index contributed by atoms with van der Waals surface area (Å²) in [5.74, 6) is -0.613. The largest absolute Gasteiger partial charge is 0.454 e. The van der Waals surface area contributed by atoms with Crippen LogP contribution in [0.3, 0.4) is 0 Å². The number of aromatic nitrogens is 2. The van der Waals surface area contributed by atoms with Crippen LogP contribution in [0.15, 0.2) is 18.5 Å². The van der Waals surface area contributed by atoms with E-state index in [1.165, 1.54) is 16.8 Å². The predicted molar refractivity (Wildman–Crippen MR) is 86.1 cm³/mol. The lowest BCUT2D eigenvalue weighted by molar-refractivity contribution is -0.151. The molecule has 24 heavy (non-hydrogen) atoms. The molecule has 10 heteroatoms. The molecule has 0 aromatic carbocycles. The molecular formula is C14H20N4O5S. The van der Waals surface area contributed by atoms with Gasteiger partial charge in [-0.3, -0.25) is 9.59 Å². The van der Waals surface area contributed by atoms with Crippen LogP contribution in [0.2, 0.25) is 0 Å². The number of anilines is 1. The van der Waals surface area contributed by atoms with Crippen molar-refractivity contribution in [3.63, 3.8) is 0 Å². The third kappa shape index (κ3) is 4.88. The number of amides is 1. The summed E-state index contributed by atoms with van der Waals surface area (Å²) in [5, 5.41) is 0. The highest BCUT2D eigenvalue weighted by atomic mass is 32.2. The van der Waals surface area contributed by atoms with Crippen LogP contribution in [0, 0.1) is 0 Å².